The highest BCUT2D eigenvalue weighted by atomic mass is 32.2. The summed E-state index contributed by atoms with van der Waals surface area (Å²) in [6.45, 7) is 4.75. The molecule has 0 saturated heterocycles. The number of hydrogen-bond donors (Lipinski definition) is 0. The van der Waals surface area contributed by atoms with Gasteiger partial charge in [-0.05, 0) is 20.8 Å². The summed E-state index contributed by atoms with van der Waals surface area (Å²) in [5.41, 5.74) is 0.740. The van der Waals surface area contributed by atoms with Gasteiger partial charge in [-0.1, -0.05) is 11.8 Å². The minimum absolute atomic E-state index is 0.00668. The lowest BCUT2D eigenvalue weighted by atomic mass is 10.4. The van der Waals surface area contributed by atoms with E-state index in [9.17, 15) is 9.59 Å². The third-order valence-corrected chi connectivity index (χ3v) is 2.63. The average molecular weight is 254 g/mol. The van der Waals surface area contributed by atoms with Gasteiger partial charge < -0.3 is 4.74 Å². The Morgan fingerprint density at radius 2 is 2.00 bits per heavy atom. The van der Waals surface area contributed by atoms with Crippen molar-refractivity contribution in [1.82, 2.24) is 9.97 Å². The van der Waals surface area contributed by atoms with Gasteiger partial charge in [0.05, 0.1) is 5.75 Å². The van der Waals surface area contributed by atoms with E-state index in [-0.39, 0.29) is 18.2 Å². The molecular formula is C11H14N2O3S. The molecule has 0 radical (unpaired) electrons. The van der Waals surface area contributed by atoms with E-state index < -0.39 is 0 Å². The zero-order valence-electron chi connectivity index (χ0n) is 10.0. The van der Waals surface area contributed by atoms with Crippen molar-refractivity contribution in [2.45, 2.75) is 25.9 Å². The van der Waals surface area contributed by atoms with Gasteiger partial charge in [0.15, 0.2) is 10.9 Å². The Morgan fingerprint density at radius 1 is 1.29 bits per heavy atom. The Hall–Kier alpha value is -1.43. The number of thioether (sulfide) groups is 1. The molecule has 0 aliphatic carbocycles. The topological polar surface area (TPSA) is 69.2 Å². The fraction of sp³-hybridized carbons (Fsp3) is 0.455. The monoisotopic (exact) mass is 254 g/mol. The van der Waals surface area contributed by atoms with Crippen molar-refractivity contribution in [2.75, 3.05) is 12.4 Å². The fourth-order valence-corrected chi connectivity index (χ4v) is 1.69. The fourth-order valence-electron chi connectivity index (χ4n) is 0.994. The molecule has 0 saturated carbocycles. The van der Waals surface area contributed by atoms with E-state index in [4.69, 9.17) is 4.74 Å². The average Bonchev–Trinajstić information content (AvgIpc) is 2.23. The lowest BCUT2D eigenvalue weighted by Crippen LogP contribution is -2.08. The summed E-state index contributed by atoms with van der Waals surface area (Å²) in [6, 6.07) is 1.65. The Labute approximate surface area is 104 Å². The van der Waals surface area contributed by atoms with Crippen LogP contribution in [0, 0.1) is 6.92 Å². The lowest BCUT2D eigenvalue weighted by Gasteiger charge is -2.05. The van der Waals surface area contributed by atoms with Gasteiger partial charge >= 0.3 is 0 Å². The third kappa shape index (κ3) is 5.44. The highest BCUT2D eigenvalue weighted by Gasteiger charge is 2.06. The highest BCUT2D eigenvalue weighted by molar-refractivity contribution is 7.99. The molecule has 0 aromatic carbocycles. The van der Waals surface area contributed by atoms with Gasteiger partial charge in [0.25, 0.3) is 0 Å². The van der Waals surface area contributed by atoms with Crippen LogP contribution < -0.4 is 4.74 Å². The van der Waals surface area contributed by atoms with Crippen LogP contribution in [0.15, 0.2) is 11.2 Å². The molecular weight excluding hydrogens is 240 g/mol. The van der Waals surface area contributed by atoms with Crippen molar-refractivity contribution in [3.63, 3.8) is 0 Å². The number of aromatic nitrogens is 2. The Kier molecular flexibility index (Phi) is 5.09. The molecule has 17 heavy (non-hydrogen) atoms. The molecule has 0 spiro atoms. The summed E-state index contributed by atoms with van der Waals surface area (Å²) in [5.74, 6) is 0.680. The van der Waals surface area contributed by atoms with Gasteiger partial charge in [0.2, 0.25) is 5.88 Å². The quantitative estimate of drug-likeness (QED) is 0.565. The minimum atomic E-state index is -0.0702. The maximum atomic E-state index is 10.8. The molecule has 0 aliphatic rings. The highest BCUT2D eigenvalue weighted by Crippen LogP contribution is 2.17. The van der Waals surface area contributed by atoms with Gasteiger partial charge in [-0.15, -0.1) is 0 Å². The second-order valence-corrected chi connectivity index (χ2v) is 4.55. The number of hydrogen-bond acceptors (Lipinski definition) is 6. The van der Waals surface area contributed by atoms with Crippen molar-refractivity contribution in [2.24, 2.45) is 0 Å². The first kappa shape index (κ1) is 13.6. The largest absolute Gasteiger partial charge is 0.470 e. The number of ether oxygens (including phenoxy) is 1. The van der Waals surface area contributed by atoms with E-state index >= 15 is 0 Å². The van der Waals surface area contributed by atoms with E-state index in [0.29, 0.717) is 16.8 Å². The lowest BCUT2D eigenvalue weighted by molar-refractivity contribution is -0.119. The van der Waals surface area contributed by atoms with Crippen LogP contribution in [0.5, 0.6) is 5.88 Å². The van der Waals surface area contributed by atoms with Crippen LogP contribution in [0.1, 0.15) is 19.5 Å². The number of rotatable bonds is 6. The van der Waals surface area contributed by atoms with Crippen LogP contribution in [0.25, 0.3) is 0 Å². The molecule has 0 atom stereocenters. The van der Waals surface area contributed by atoms with Gasteiger partial charge in [-0.25, -0.2) is 4.98 Å². The van der Waals surface area contributed by atoms with Gasteiger partial charge in [-0.3, -0.25) is 9.59 Å². The summed E-state index contributed by atoms with van der Waals surface area (Å²) in [7, 11) is 0. The van der Waals surface area contributed by atoms with E-state index in [0.717, 1.165) is 5.69 Å². The zero-order valence-corrected chi connectivity index (χ0v) is 10.8. The van der Waals surface area contributed by atoms with Crippen molar-refractivity contribution >= 4 is 23.3 Å². The van der Waals surface area contributed by atoms with Gasteiger partial charge in [0.1, 0.15) is 12.4 Å². The predicted octanol–water partition coefficient (Wildman–Crippen LogP) is 1.43. The molecule has 92 valence electrons. The third-order valence-electron chi connectivity index (χ3n) is 1.64. The molecule has 0 amide bonds. The van der Waals surface area contributed by atoms with Crippen LogP contribution in [0.4, 0.5) is 0 Å². The van der Waals surface area contributed by atoms with Crippen LogP contribution in [0.3, 0.4) is 0 Å². The van der Waals surface area contributed by atoms with E-state index in [1.807, 2.05) is 0 Å². The number of aryl methyl sites for hydroxylation is 1. The Morgan fingerprint density at radius 3 is 2.59 bits per heavy atom. The molecule has 5 nitrogen and oxygen atoms in total. The molecule has 1 aromatic heterocycles. The summed E-state index contributed by atoms with van der Waals surface area (Å²) >= 11 is 1.25. The Bertz CT molecular complexity index is 398. The summed E-state index contributed by atoms with van der Waals surface area (Å²) < 4.78 is 5.20. The van der Waals surface area contributed by atoms with Crippen molar-refractivity contribution in [3.05, 3.63) is 11.8 Å². The van der Waals surface area contributed by atoms with E-state index in [2.05, 4.69) is 9.97 Å². The van der Waals surface area contributed by atoms with Crippen molar-refractivity contribution < 1.29 is 14.3 Å². The number of nitrogens with zero attached hydrogens (tertiary/aromatic N) is 2. The van der Waals surface area contributed by atoms with Crippen molar-refractivity contribution in [1.29, 1.82) is 0 Å². The maximum Gasteiger partial charge on any atom is 0.217 e. The number of ketones is 2. The van der Waals surface area contributed by atoms with Crippen molar-refractivity contribution in [3.8, 4) is 5.88 Å². The number of carbonyl (C=O) groups excluding carboxylic acids is 2. The van der Waals surface area contributed by atoms with Crippen LogP contribution in [0.2, 0.25) is 0 Å². The molecule has 0 fully saturated rings. The molecule has 0 unspecified atom stereocenters. The maximum absolute atomic E-state index is 10.8. The summed E-state index contributed by atoms with van der Waals surface area (Å²) in [6.07, 6.45) is 0. The molecule has 0 N–H and O–H groups in total. The Balaban J connectivity index is 2.71. The minimum Gasteiger partial charge on any atom is -0.470 e. The molecule has 0 aliphatic heterocycles. The molecule has 1 heterocycles. The van der Waals surface area contributed by atoms with Crippen LogP contribution in [-0.4, -0.2) is 33.9 Å². The molecule has 6 heteroatoms. The molecule has 0 bridgehead atoms. The van der Waals surface area contributed by atoms with Gasteiger partial charge in [-0.2, -0.15) is 4.98 Å². The molecule has 1 rings (SSSR count). The first-order valence-electron chi connectivity index (χ1n) is 5.07. The first-order chi connectivity index (χ1) is 7.97. The SMILES string of the molecule is CC(=O)COc1cc(C)nc(SCC(C)=O)n1. The van der Waals surface area contributed by atoms with Crippen LogP contribution >= 0.6 is 11.8 Å². The summed E-state index contributed by atoms with van der Waals surface area (Å²) in [5, 5.41) is 0.485. The smallest absolute Gasteiger partial charge is 0.217 e. The van der Waals surface area contributed by atoms with Crippen LogP contribution in [-0.2, 0) is 9.59 Å². The first-order valence-corrected chi connectivity index (χ1v) is 6.06. The normalized spacial score (nSPS) is 10.1. The second kappa shape index (κ2) is 6.34. The number of Topliss-reactive ketones (excluding diaryl/α,β-unsaturated/α-hetero) is 2. The standard InChI is InChI=1S/C11H14N2O3S/c1-7-4-10(16-5-8(2)14)13-11(12-7)17-6-9(3)15/h4H,5-6H2,1-3H3. The molecule has 1 aromatic rings. The van der Waals surface area contributed by atoms with Gasteiger partial charge in [0, 0.05) is 11.8 Å². The predicted molar refractivity (Wildman–Crippen MR) is 64.4 cm³/mol. The summed E-state index contributed by atoms with van der Waals surface area (Å²) in [4.78, 5) is 29.9. The van der Waals surface area contributed by atoms with E-state index in [1.54, 1.807) is 13.0 Å². The zero-order chi connectivity index (χ0) is 12.8. The number of carbonyl (C=O) groups is 2. The van der Waals surface area contributed by atoms with E-state index in [1.165, 1.54) is 25.6 Å². The second-order valence-electron chi connectivity index (χ2n) is 3.61.